The number of nitrogens with zero attached hydrogens (tertiary/aromatic N) is 6. The van der Waals surface area contributed by atoms with Crippen LogP contribution < -0.4 is 9.64 Å². The van der Waals surface area contributed by atoms with Gasteiger partial charge in [0.15, 0.2) is 5.69 Å². The van der Waals surface area contributed by atoms with E-state index in [0.29, 0.717) is 11.3 Å². The molecule has 0 saturated carbocycles. The van der Waals surface area contributed by atoms with E-state index in [9.17, 15) is 5.26 Å². The number of anilines is 3. The van der Waals surface area contributed by atoms with E-state index in [0.717, 1.165) is 99.5 Å². The van der Waals surface area contributed by atoms with E-state index >= 15 is 0 Å². The zero-order valence-corrected chi connectivity index (χ0v) is 30.8. The number of rotatable bonds is 2. The van der Waals surface area contributed by atoms with Gasteiger partial charge in [0, 0.05) is 55.8 Å². The number of hydrogen-bond acceptors (Lipinski definition) is 6. The molecule has 0 saturated heterocycles. The highest BCUT2D eigenvalue weighted by atomic mass is 32.2. The maximum absolute atomic E-state index is 9.77. The van der Waals surface area contributed by atoms with Crippen LogP contribution >= 0.6 is 11.8 Å². The molecule has 0 bridgehead atoms. The van der Waals surface area contributed by atoms with Crippen molar-refractivity contribution in [2.45, 2.75) is 15.2 Å². The van der Waals surface area contributed by atoms with Gasteiger partial charge in [-0.3, -0.25) is 9.97 Å². The van der Waals surface area contributed by atoms with Gasteiger partial charge >= 0.3 is 0 Å². The average Bonchev–Trinajstić information content (AvgIpc) is 3.75. The summed E-state index contributed by atoms with van der Waals surface area (Å²) >= 11 is 1.69. The predicted molar refractivity (Wildman–Crippen MR) is 224 cm³/mol. The minimum atomic E-state index is -0.857. The first kappa shape index (κ1) is 31.7. The van der Waals surface area contributed by atoms with Crippen LogP contribution in [-0.2, 0) is 5.41 Å². The predicted octanol–water partition coefficient (Wildman–Crippen LogP) is 12.4. The van der Waals surface area contributed by atoms with Crippen molar-refractivity contribution in [2.24, 2.45) is 0 Å². The van der Waals surface area contributed by atoms with Crippen LogP contribution in [0.1, 0.15) is 27.8 Å². The van der Waals surface area contributed by atoms with Crippen LogP contribution in [0, 0.1) is 17.9 Å². The maximum Gasteiger partial charge on any atom is 0.188 e. The summed E-state index contributed by atoms with van der Waals surface area (Å²) in [5, 5.41) is 11.9. The van der Waals surface area contributed by atoms with Gasteiger partial charge in [-0.25, -0.2) is 4.85 Å². The minimum Gasteiger partial charge on any atom is -0.457 e. The Morgan fingerprint density at radius 1 is 0.632 bits per heavy atom. The van der Waals surface area contributed by atoms with Crippen LogP contribution in [0.4, 0.5) is 22.7 Å². The van der Waals surface area contributed by atoms with Crippen molar-refractivity contribution in [3.63, 3.8) is 0 Å². The van der Waals surface area contributed by atoms with Crippen molar-refractivity contribution in [1.82, 2.24) is 14.5 Å². The van der Waals surface area contributed by atoms with E-state index in [1.807, 2.05) is 60.9 Å². The van der Waals surface area contributed by atoms with Crippen LogP contribution in [0.25, 0.3) is 43.7 Å². The van der Waals surface area contributed by atoms with Crippen LogP contribution in [0.15, 0.2) is 168 Å². The SMILES string of the molecule is [C-]#[N+]c1ccc2c(c1)Sc1ccccc1N2c1cccc2c1C1(c3ccc(-n4c5ccccc5c5cc(C#N)ccc54)cc3O2)c2cccnc2-c2ncccc21. The van der Waals surface area contributed by atoms with Gasteiger partial charge in [0.05, 0.1) is 63.1 Å². The van der Waals surface area contributed by atoms with Crippen LogP contribution in [0.5, 0.6) is 11.5 Å². The molecule has 1 spiro atoms. The third-order valence-electron chi connectivity index (χ3n) is 11.6. The number of ether oxygens (including phenoxy) is 1. The van der Waals surface area contributed by atoms with Gasteiger partial charge in [0.25, 0.3) is 0 Å². The van der Waals surface area contributed by atoms with Crippen LogP contribution in [-0.4, -0.2) is 14.5 Å². The molecule has 5 heterocycles. The molecule has 6 aromatic carbocycles. The molecule has 1 aliphatic carbocycles. The van der Waals surface area contributed by atoms with E-state index in [4.69, 9.17) is 21.3 Å². The van der Waals surface area contributed by atoms with Gasteiger partial charge in [-0.1, -0.05) is 72.4 Å². The molecule has 57 heavy (non-hydrogen) atoms. The summed E-state index contributed by atoms with van der Waals surface area (Å²) in [5.74, 6) is 1.47. The second-order valence-electron chi connectivity index (χ2n) is 14.3. The maximum atomic E-state index is 9.77. The number of nitriles is 1. The summed E-state index contributed by atoms with van der Waals surface area (Å²) < 4.78 is 9.42. The van der Waals surface area contributed by atoms with E-state index in [1.165, 1.54) is 0 Å². The lowest BCUT2D eigenvalue weighted by molar-refractivity contribution is 0.436. The molecule has 0 radical (unpaired) electrons. The number of benzene rings is 6. The average molecular weight is 747 g/mol. The smallest absolute Gasteiger partial charge is 0.188 e. The Kier molecular flexibility index (Phi) is 6.49. The number of hydrogen-bond donors (Lipinski definition) is 0. The van der Waals surface area contributed by atoms with Crippen molar-refractivity contribution in [2.75, 3.05) is 4.90 Å². The first-order valence-corrected chi connectivity index (χ1v) is 19.4. The lowest BCUT2D eigenvalue weighted by atomic mass is 9.65. The Hall–Kier alpha value is -7.65. The van der Waals surface area contributed by atoms with Crippen molar-refractivity contribution in [1.29, 1.82) is 5.26 Å². The van der Waals surface area contributed by atoms with Crippen molar-refractivity contribution < 1.29 is 4.74 Å². The number of pyridine rings is 2. The summed E-state index contributed by atoms with van der Waals surface area (Å²) in [4.78, 5) is 18.2. The van der Waals surface area contributed by atoms with E-state index < -0.39 is 5.41 Å². The van der Waals surface area contributed by atoms with Crippen molar-refractivity contribution in [3.05, 3.63) is 197 Å². The van der Waals surface area contributed by atoms with E-state index in [1.54, 1.807) is 11.8 Å². The van der Waals surface area contributed by atoms with E-state index in [2.05, 4.69) is 117 Å². The minimum absolute atomic E-state index is 0.602. The van der Waals surface area contributed by atoms with Crippen LogP contribution in [0.3, 0.4) is 0 Å². The molecule has 0 fully saturated rings. The highest BCUT2D eigenvalue weighted by molar-refractivity contribution is 7.99. The molecule has 7 nitrogen and oxygen atoms in total. The Labute approximate surface area is 331 Å². The zero-order chi connectivity index (χ0) is 37.8. The molecule has 0 unspecified atom stereocenters. The first-order valence-electron chi connectivity index (χ1n) is 18.6. The molecule has 3 aliphatic rings. The molecular formula is C49H26N6OS. The highest BCUT2D eigenvalue weighted by Gasteiger charge is 2.54. The van der Waals surface area contributed by atoms with Crippen molar-refractivity contribution >= 4 is 56.3 Å². The molecule has 3 aromatic heterocycles. The van der Waals surface area contributed by atoms with E-state index in [-0.39, 0.29) is 0 Å². The summed E-state index contributed by atoms with van der Waals surface area (Å²) in [6.45, 7) is 7.78. The second-order valence-corrected chi connectivity index (χ2v) is 15.4. The number of aromatic nitrogens is 3. The molecule has 0 amide bonds. The normalized spacial score (nSPS) is 13.8. The summed E-state index contributed by atoms with van der Waals surface area (Å²) in [6, 6.07) is 52.2. The van der Waals surface area contributed by atoms with Crippen molar-refractivity contribution in [3.8, 4) is 34.6 Å². The molecule has 264 valence electrons. The largest absolute Gasteiger partial charge is 0.457 e. The third-order valence-corrected chi connectivity index (χ3v) is 12.7. The summed E-state index contributed by atoms with van der Waals surface area (Å²) in [7, 11) is 0. The first-order chi connectivity index (χ1) is 28.2. The van der Waals surface area contributed by atoms with Gasteiger partial charge in [-0.2, -0.15) is 5.26 Å². The van der Waals surface area contributed by atoms with Gasteiger partial charge in [-0.05, 0) is 90.0 Å². The summed E-state index contributed by atoms with van der Waals surface area (Å²) in [5.41, 5.74) is 12.1. The Bertz CT molecular complexity index is 3270. The molecule has 12 rings (SSSR count). The van der Waals surface area contributed by atoms with Gasteiger partial charge in [0.2, 0.25) is 0 Å². The fraction of sp³-hybridized carbons (Fsp3) is 0.0204. The number of para-hydroxylation sites is 2. The lowest BCUT2D eigenvalue weighted by Gasteiger charge is -2.43. The van der Waals surface area contributed by atoms with Gasteiger partial charge < -0.3 is 14.2 Å². The standard InChI is InChI=1S/C49H26N6OS/c1-51-30-18-22-40-45(26-30)57-44-16-5-4-13-39(44)55(40)41-14-6-15-42-46(41)49(35-10-7-23-52-47(35)48-36(49)11-8-24-53-48)34-20-19-31(27-43(34)56-42)54-37-12-3-2-9-32(37)33-25-29(28-50)17-21-38(33)54/h2-27H. The number of fused-ring (bicyclic) bond motifs is 14. The molecule has 8 heteroatoms. The quantitative estimate of drug-likeness (QED) is 0.164. The Morgan fingerprint density at radius 3 is 2.21 bits per heavy atom. The third kappa shape index (κ3) is 4.20. The van der Waals surface area contributed by atoms with Gasteiger partial charge in [-0.15, -0.1) is 0 Å². The Morgan fingerprint density at radius 2 is 1.39 bits per heavy atom. The highest BCUT2D eigenvalue weighted by Crippen LogP contribution is 2.65. The molecule has 2 aliphatic heterocycles. The molecule has 9 aromatic rings. The zero-order valence-electron chi connectivity index (χ0n) is 30.0. The van der Waals surface area contributed by atoms with Gasteiger partial charge in [0.1, 0.15) is 11.5 Å². The van der Waals surface area contributed by atoms with Crippen LogP contribution in [0.2, 0.25) is 0 Å². The summed E-state index contributed by atoms with van der Waals surface area (Å²) in [6.07, 6.45) is 3.69. The fourth-order valence-corrected chi connectivity index (χ4v) is 10.4. The Balaban J connectivity index is 1.17. The topological polar surface area (TPSA) is 71.3 Å². The molecular weight excluding hydrogens is 721 g/mol. The fourth-order valence-electron chi connectivity index (χ4n) is 9.36. The molecule has 0 atom stereocenters. The lowest BCUT2D eigenvalue weighted by Crippen LogP contribution is -2.34. The monoisotopic (exact) mass is 746 g/mol. The molecule has 0 N–H and O–H groups in total. The second kappa shape index (κ2) is 11.7.